The molecule has 0 N–H and O–H groups in total. The first-order valence-electron chi connectivity index (χ1n) is 8.06. The number of ether oxygens (including phenoxy) is 1. The van der Waals surface area contributed by atoms with Gasteiger partial charge in [0.25, 0.3) is 0 Å². The molecular formula is C19H27NO. The van der Waals surface area contributed by atoms with E-state index in [1.807, 2.05) is 0 Å². The van der Waals surface area contributed by atoms with E-state index in [1.165, 1.54) is 16.8 Å². The Morgan fingerprint density at radius 1 is 1.10 bits per heavy atom. The molecule has 1 aliphatic carbocycles. The van der Waals surface area contributed by atoms with Crippen molar-refractivity contribution in [2.24, 2.45) is 23.7 Å². The molecule has 21 heavy (non-hydrogen) atoms. The number of hydrogen-bond donors (Lipinski definition) is 0. The number of benzene rings is 1. The van der Waals surface area contributed by atoms with Crippen LogP contribution in [0.5, 0.6) is 0 Å². The molecular weight excluding hydrogens is 258 g/mol. The molecule has 1 heterocycles. The third-order valence-corrected chi connectivity index (χ3v) is 5.50. The van der Waals surface area contributed by atoms with Crippen LogP contribution in [0.1, 0.15) is 32.4 Å². The summed E-state index contributed by atoms with van der Waals surface area (Å²) in [5.74, 6) is 2.56. The van der Waals surface area contributed by atoms with E-state index in [-0.39, 0.29) is 6.10 Å². The van der Waals surface area contributed by atoms with Crippen LogP contribution in [0.15, 0.2) is 35.9 Å². The first kappa shape index (κ1) is 14.6. The van der Waals surface area contributed by atoms with Gasteiger partial charge in [-0.3, -0.25) is 0 Å². The van der Waals surface area contributed by atoms with E-state index in [0.717, 1.165) is 6.61 Å². The van der Waals surface area contributed by atoms with Crippen LogP contribution in [0, 0.1) is 23.7 Å². The number of anilines is 1. The van der Waals surface area contributed by atoms with Crippen LogP contribution in [0.2, 0.25) is 0 Å². The highest BCUT2D eigenvalue weighted by atomic mass is 16.5. The van der Waals surface area contributed by atoms with Crippen LogP contribution in [0.4, 0.5) is 5.69 Å². The molecule has 0 radical (unpaired) electrons. The van der Waals surface area contributed by atoms with Gasteiger partial charge in [0.1, 0.15) is 0 Å². The Kier molecular flexibility index (Phi) is 3.83. The Hall–Kier alpha value is -1.28. The topological polar surface area (TPSA) is 12.5 Å². The lowest BCUT2D eigenvalue weighted by Crippen LogP contribution is -2.42. The molecule has 2 heteroatoms. The maximum absolute atomic E-state index is 6.29. The summed E-state index contributed by atoms with van der Waals surface area (Å²) in [6.45, 7) is 7.91. The van der Waals surface area contributed by atoms with E-state index in [1.54, 1.807) is 0 Å². The van der Waals surface area contributed by atoms with Crippen LogP contribution >= 0.6 is 0 Å². The molecule has 0 aromatic heterocycles. The average Bonchev–Trinajstić information content (AvgIpc) is 2.44. The zero-order valence-electron chi connectivity index (χ0n) is 13.8. The lowest BCUT2D eigenvalue weighted by atomic mass is 9.64. The van der Waals surface area contributed by atoms with Gasteiger partial charge in [-0.15, -0.1) is 0 Å². The number of hydrogen-bond acceptors (Lipinski definition) is 2. The maximum atomic E-state index is 6.29. The van der Waals surface area contributed by atoms with Crippen molar-refractivity contribution < 1.29 is 4.74 Å². The second-order valence-corrected chi connectivity index (χ2v) is 7.06. The van der Waals surface area contributed by atoms with Crippen LogP contribution in [-0.2, 0) is 4.74 Å². The van der Waals surface area contributed by atoms with E-state index in [2.05, 4.69) is 70.1 Å². The van der Waals surface area contributed by atoms with E-state index in [0.29, 0.717) is 23.7 Å². The van der Waals surface area contributed by atoms with Crippen molar-refractivity contribution in [1.82, 2.24) is 0 Å². The van der Waals surface area contributed by atoms with Crippen LogP contribution < -0.4 is 4.90 Å². The van der Waals surface area contributed by atoms with E-state index in [9.17, 15) is 0 Å². The summed E-state index contributed by atoms with van der Waals surface area (Å²) in [7, 11) is 4.16. The fourth-order valence-electron chi connectivity index (χ4n) is 4.21. The highest BCUT2D eigenvalue weighted by Gasteiger charge is 2.43. The van der Waals surface area contributed by atoms with E-state index < -0.39 is 0 Å². The molecule has 0 amide bonds. The fraction of sp³-hybridized carbons (Fsp3) is 0.579. The average molecular weight is 285 g/mol. The van der Waals surface area contributed by atoms with Gasteiger partial charge >= 0.3 is 0 Å². The van der Waals surface area contributed by atoms with Gasteiger partial charge in [0.15, 0.2) is 0 Å². The minimum atomic E-state index is 0.219. The SMILES string of the molecule is CC1=C[C@H](C)[C@@H]2CO[C@H](c3ccc(N(C)C)cc3)[C@H]1[C@H]2C. The second-order valence-electron chi connectivity index (χ2n) is 7.06. The largest absolute Gasteiger partial charge is 0.378 e. The number of fused-ring (bicyclic) bond motifs is 2. The fourth-order valence-corrected chi connectivity index (χ4v) is 4.21. The number of allylic oxidation sites excluding steroid dienone is 1. The summed E-state index contributed by atoms with van der Waals surface area (Å²) in [5, 5.41) is 0. The van der Waals surface area contributed by atoms with Gasteiger partial charge < -0.3 is 9.64 Å². The monoisotopic (exact) mass is 285 g/mol. The quantitative estimate of drug-likeness (QED) is 0.752. The van der Waals surface area contributed by atoms with Crippen molar-refractivity contribution >= 4 is 5.69 Å². The molecule has 1 aromatic carbocycles. The molecule has 5 atom stereocenters. The smallest absolute Gasteiger partial charge is 0.0892 e. The molecule has 3 rings (SSSR count). The molecule has 2 bridgehead atoms. The predicted molar refractivity (Wildman–Crippen MR) is 88.5 cm³/mol. The standard InChI is InChI=1S/C19H27NO/c1-12-10-13(2)18-14(3)17(12)11-21-19(18)15-6-8-16(9-7-15)20(4)5/h6-10,12,14,17-19H,11H2,1-5H3/t12-,14-,17-,18+,19+/m0/s1. The predicted octanol–water partition coefficient (Wildman–Crippen LogP) is 4.29. The zero-order valence-corrected chi connectivity index (χ0v) is 13.8. The maximum Gasteiger partial charge on any atom is 0.0892 e. The molecule has 2 nitrogen and oxygen atoms in total. The van der Waals surface area contributed by atoms with Gasteiger partial charge in [-0.25, -0.2) is 0 Å². The van der Waals surface area contributed by atoms with Gasteiger partial charge in [0.05, 0.1) is 12.7 Å². The minimum absolute atomic E-state index is 0.219. The molecule has 1 aromatic rings. The molecule has 1 saturated heterocycles. The first-order valence-corrected chi connectivity index (χ1v) is 8.06. The Morgan fingerprint density at radius 2 is 1.76 bits per heavy atom. The zero-order chi connectivity index (χ0) is 15.1. The third-order valence-electron chi connectivity index (χ3n) is 5.50. The Labute approximate surface area is 128 Å². The van der Waals surface area contributed by atoms with Crippen molar-refractivity contribution in [3.05, 3.63) is 41.5 Å². The van der Waals surface area contributed by atoms with Gasteiger partial charge in [-0.05, 0) is 42.4 Å². The van der Waals surface area contributed by atoms with Crippen LogP contribution in [-0.4, -0.2) is 20.7 Å². The molecule has 0 spiro atoms. The van der Waals surface area contributed by atoms with Crippen LogP contribution in [0.25, 0.3) is 0 Å². The Balaban J connectivity index is 1.90. The van der Waals surface area contributed by atoms with Crippen molar-refractivity contribution in [2.45, 2.75) is 26.9 Å². The molecule has 114 valence electrons. The highest BCUT2D eigenvalue weighted by molar-refractivity contribution is 5.46. The molecule has 1 aliphatic heterocycles. The van der Waals surface area contributed by atoms with Crippen LogP contribution in [0.3, 0.4) is 0 Å². The molecule has 0 saturated carbocycles. The molecule has 2 aliphatic rings. The Bertz CT molecular complexity index is 531. The summed E-state index contributed by atoms with van der Waals surface area (Å²) in [6.07, 6.45) is 2.69. The summed E-state index contributed by atoms with van der Waals surface area (Å²) in [6, 6.07) is 8.86. The van der Waals surface area contributed by atoms with Crippen molar-refractivity contribution in [2.75, 3.05) is 25.6 Å². The normalized spacial score (nSPS) is 35.3. The molecule has 0 unspecified atom stereocenters. The van der Waals surface area contributed by atoms with E-state index >= 15 is 0 Å². The summed E-state index contributed by atoms with van der Waals surface area (Å²) >= 11 is 0. The van der Waals surface area contributed by atoms with Gasteiger partial charge in [0.2, 0.25) is 0 Å². The highest BCUT2D eigenvalue weighted by Crippen LogP contribution is 2.49. The van der Waals surface area contributed by atoms with Crippen molar-refractivity contribution in [1.29, 1.82) is 0 Å². The summed E-state index contributed by atoms with van der Waals surface area (Å²) in [5.41, 5.74) is 4.07. The summed E-state index contributed by atoms with van der Waals surface area (Å²) in [4.78, 5) is 2.14. The Morgan fingerprint density at radius 3 is 2.38 bits per heavy atom. The van der Waals surface area contributed by atoms with E-state index in [4.69, 9.17) is 4.74 Å². The summed E-state index contributed by atoms with van der Waals surface area (Å²) < 4.78 is 6.29. The van der Waals surface area contributed by atoms with Gasteiger partial charge in [0, 0.05) is 25.7 Å². The van der Waals surface area contributed by atoms with Crippen molar-refractivity contribution in [3.8, 4) is 0 Å². The van der Waals surface area contributed by atoms with Crippen molar-refractivity contribution in [3.63, 3.8) is 0 Å². The lowest BCUT2D eigenvalue weighted by Gasteiger charge is -2.47. The minimum Gasteiger partial charge on any atom is -0.378 e. The number of nitrogens with zero attached hydrogens (tertiary/aromatic N) is 1. The number of rotatable bonds is 2. The van der Waals surface area contributed by atoms with Gasteiger partial charge in [-0.2, -0.15) is 0 Å². The van der Waals surface area contributed by atoms with Gasteiger partial charge in [-0.1, -0.05) is 37.6 Å². The molecule has 1 fully saturated rings. The third kappa shape index (κ3) is 2.50. The second kappa shape index (κ2) is 5.49. The first-order chi connectivity index (χ1) is 9.99. The lowest BCUT2D eigenvalue weighted by molar-refractivity contribution is -0.0934.